The van der Waals surface area contributed by atoms with Crippen molar-refractivity contribution in [2.45, 2.75) is 6.92 Å². The highest BCUT2D eigenvalue weighted by Crippen LogP contribution is 1.70. The summed E-state index contributed by atoms with van der Waals surface area (Å²) in [6.07, 6.45) is 0. The van der Waals surface area contributed by atoms with Crippen LogP contribution in [0.15, 0.2) is 9.59 Å². The first-order valence-corrected chi connectivity index (χ1v) is 3.85. The molecular weight excluding hydrogens is 163 g/mol. The maximum atomic E-state index is 10.9. The van der Waals surface area contributed by atoms with Crippen LogP contribution in [0.3, 0.4) is 0 Å². The van der Waals surface area contributed by atoms with Gasteiger partial charge in [0.15, 0.2) is 0 Å². The van der Waals surface area contributed by atoms with E-state index in [-0.39, 0.29) is 5.69 Å². The Morgan fingerprint density at radius 2 is 2.09 bits per heavy atom. The molecule has 6 nitrogen and oxygen atoms in total. The molecule has 0 saturated heterocycles. The molecule has 7 heteroatoms. The van der Waals surface area contributed by atoms with Gasteiger partial charge in [0.2, 0.25) is 0 Å². The number of nitrogens with zero attached hydrogens (tertiary/aromatic N) is 3. The van der Waals surface area contributed by atoms with Gasteiger partial charge in [-0.05, 0) is 6.92 Å². The van der Waals surface area contributed by atoms with Crippen LogP contribution in [0.4, 0.5) is 0 Å². The molecule has 1 aromatic rings. The van der Waals surface area contributed by atoms with E-state index in [0.717, 1.165) is 3.67 Å². The lowest BCUT2D eigenvalue weighted by molar-refractivity contribution is 0.708. The van der Waals surface area contributed by atoms with Gasteiger partial charge in [-0.3, -0.25) is 4.79 Å². The number of nitrogen functional groups attached to an aromatic ring is 1. The molecule has 58 valence electrons. The first-order chi connectivity index (χ1) is 5.04. The van der Waals surface area contributed by atoms with Crippen LogP contribution in [-0.4, -0.2) is 30.0 Å². The molecule has 0 aliphatic carbocycles. The minimum absolute atomic E-state index is 0.238. The minimum atomic E-state index is -0.563. The number of hydrogen-bond donors (Lipinski definition) is 1. The Labute approximate surface area is 69.9 Å². The molecule has 0 amide bonds. The molecule has 11 heavy (non-hydrogen) atoms. The van der Waals surface area contributed by atoms with E-state index < -0.39 is 11.2 Å². The average Bonchev–Trinajstić information content (AvgIpc) is 1.97. The van der Waals surface area contributed by atoms with Crippen LogP contribution in [0.1, 0.15) is 5.69 Å². The normalized spacial score (nSPS) is 9.91. The van der Waals surface area contributed by atoms with Gasteiger partial charge in [0.25, 0.3) is 5.56 Å². The second-order valence-electron chi connectivity index (χ2n) is 2.17. The number of rotatable bonds is 0. The SMILES string of the molecule is Cc1n[n]([AlH2])c(=O)n(N)c1=O. The number of hydrogen-bond acceptors (Lipinski definition) is 4. The van der Waals surface area contributed by atoms with Crippen molar-refractivity contribution in [2.24, 2.45) is 0 Å². The third kappa shape index (κ3) is 1.20. The van der Waals surface area contributed by atoms with Crippen LogP contribution in [0.2, 0.25) is 0 Å². The molecule has 0 spiro atoms. The van der Waals surface area contributed by atoms with Gasteiger partial charge in [-0.2, -0.15) is 9.77 Å². The van der Waals surface area contributed by atoms with Crippen molar-refractivity contribution in [3.8, 4) is 0 Å². The molecule has 0 fully saturated rings. The Balaban J connectivity index is 3.74. The monoisotopic (exact) mass is 170 g/mol. The lowest BCUT2D eigenvalue weighted by Crippen LogP contribution is -2.46. The first kappa shape index (κ1) is 8.04. The Bertz CT molecular complexity index is 358. The maximum absolute atomic E-state index is 10.9. The van der Waals surface area contributed by atoms with Crippen molar-refractivity contribution in [2.75, 3.05) is 5.84 Å². The highest BCUT2D eigenvalue weighted by atomic mass is 27.1. The summed E-state index contributed by atoms with van der Waals surface area (Å²) in [5, 5.41) is 3.69. The van der Waals surface area contributed by atoms with E-state index in [1.54, 1.807) is 0 Å². The summed E-state index contributed by atoms with van der Waals surface area (Å²) in [5.41, 5.74) is -0.864. The predicted molar refractivity (Wildman–Crippen MR) is 41.6 cm³/mol. The van der Waals surface area contributed by atoms with Crippen LogP contribution >= 0.6 is 0 Å². The molecule has 0 saturated carbocycles. The Morgan fingerprint density at radius 3 is 2.64 bits per heavy atom. The van der Waals surface area contributed by atoms with Crippen molar-refractivity contribution in [1.82, 2.24) is 13.4 Å². The average molecular weight is 170 g/mol. The van der Waals surface area contributed by atoms with Gasteiger partial charge in [-0.25, -0.2) is 4.79 Å². The van der Waals surface area contributed by atoms with Crippen molar-refractivity contribution in [3.63, 3.8) is 0 Å². The van der Waals surface area contributed by atoms with Crippen LogP contribution in [0.25, 0.3) is 0 Å². The first-order valence-electron chi connectivity index (χ1n) is 2.96. The van der Waals surface area contributed by atoms with Gasteiger partial charge in [-0.1, -0.05) is 0 Å². The summed E-state index contributed by atoms with van der Waals surface area (Å²) >= 11 is 0.425. The van der Waals surface area contributed by atoms with Crippen LogP contribution in [0, 0.1) is 6.92 Å². The van der Waals surface area contributed by atoms with Gasteiger partial charge in [-0.15, -0.1) is 0 Å². The molecule has 0 bridgehead atoms. The molecule has 0 atom stereocenters. The fraction of sp³-hybridized carbons (Fsp3) is 0.250. The summed E-state index contributed by atoms with van der Waals surface area (Å²) in [4.78, 5) is 21.8. The van der Waals surface area contributed by atoms with Crippen LogP contribution in [0.5, 0.6) is 0 Å². The van der Waals surface area contributed by atoms with Crippen molar-refractivity contribution >= 4 is 16.5 Å². The molecular formula is C4H7AlN4O2. The van der Waals surface area contributed by atoms with Gasteiger partial charge in [0.1, 0.15) is 5.69 Å². The molecule has 2 N–H and O–H groups in total. The van der Waals surface area contributed by atoms with Crippen molar-refractivity contribution in [1.29, 1.82) is 0 Å². The lowest BCUT2D eigenvalue weighted by Gasteiger charge is -2.01. The van der Waals surface area contributed by atoms with E-state index in [0.29, 0.717) is 21.2 Å². The van der Waals surface area contributed by atoms with E-state index in [1.807, 2.05) is 0 Å². The summed E-state index contributed by atoms with van der Waals surface area (Å²) < 4.78 is 1.71. The second-order valence-corrected chi connectivity index (χ2v) is 3.01. The van der Waals surface area contributed by atoms with Crippen LogP contribution in [-0.2, 0) is 0 Å². The molecule has 1 heterocycles. The van der Waals surface area contributed by atoms with Crippen molar-refractivity contribution < 1.29 is 0 Å². The minimum Gasteiger partial charge on any atom is -0.332 e. The standard InChI is InChI=1S/C4H6N4O2.Al.2H/c1-2-3(9)8(5)4(10)7-6-2;;;/h5H2,1H3,(H,7,9,10);;;/q;+1;;/p-1. The molecule has 0 aromatic carbocycles. The number of aryl methyl sites for hydroxylation is 1. The lowest BCUT2D eigenvalue weighted by atomic mass is 10.5. The second kappa shape index (κ2) is 2.53. The highest BCUT2D eigenvalue weighted by molar-refractivity contribution is 6.05. The van der Waals surface area contributed by atoms with Crippen LogP contribution < -0.4 is 17.1 Å². The zero-order chi connectivity index (χ0) is 8.59. The zero-order valence-corrected chi connectivity index (χ0v) is 8.24. The van der Waals surface area contributed by atoms with E-state index in [4.69, 9.17) is 5.84 Å². The molecule has 0 aliphatic heterocycles. The van der Waals surface area contributed by atoms with Gasteiger partial charge < -0.3 is 9.51 Å². The smallest absolute Gasteiger partial charge is 0.332 e. The quantitative estimate of drug-likeness (QED) is 0.329. The third-order valence-electron chi connectivity index (χ3n) is 1.31. The predicted octanol–water partition coefficient (Wildman–Crippen LogP) is -3.18. The van der Waals surface area contributed by atoms with E-state index in [9.17, 15) is 9.59 Å². The third-order valence-corrected chi connectivity index (χ3v) is 1.89. The topological polar surface area (TPSA) is 82.9 Å². The van der Waals surface area contributed by atoms with Gasteiger partial charge >= 0.3 is 22.2 Å². The Kier molecular flexibility index (Phi) is 1.85. The highest BCUT2D eigenvalue weighted by Gasteiger charge is 2.02. The number of aromatic nitrogens is 3. The number of nitrogens with two attached hydrogens (primary N) is 1. The Morgan fingerprint density at radius 1 is 1.55 bits per heavy atom. The summed E-state index contributed by atoms with van der Waals surface area (Å²) in [6, 6.07) is 0. The molecule has 1 aromatic heterocycles. The fourth-order valence-electron chi connectivity index (χ4n) is 0.728. The maximum Gasteiger partial charge on any atom is 0.406 e. The van der Waals surface area contributed by atoms with Crippen molar-refractivity contribution in [3.05, 3.63) is 26.5 Å². The largest absolute Gasteiger partial charge is 0.406 e. The zero-order valence-electron chi connectivity index (χ0n) is 6.24. The Hall–Kier alpha value is -1.06. The van der Waals surface area contributed by atoms with E-state index in [2.05, 4.69) is 5.10 Å². The molecule has 1 rings (SSSR count). The molecule has 0 radical (unpaired) electrons. The van der Waals surface area contributed by atoms with E-state index in [1.165, 1.54) is 6.92 Å². The summed E-state index contributed by atoms with van der Waals surface area (Å²) in [7, 11) is 0. The fourth-order valence-corrected chi connectivity index (χ4v) is 1.24. The molecule has 0 aliphatic rings. The molecule has 0 unspecified atom stereocenters. The van der Waals surface area contributed by atoms with E-state index >= 15 is 0 Å². The van der Waals surface area contributed by atoms with Gasteiger partial charge in [0.05, 0.1) is 0 Å². The summed E-state index contributed by atoms with van der Waals surface area (Å²) in [6.45, 7) is 1.51. The van der Waals surface area contributed by atoms with Gasteiger partial charge in [0, 0.05) is 0 Å². The summed E-state index contributed by atoms with van der Waals surface area (Å²) in [5.74, 6) is 5.14.